The average molecular weight is 351 g/mol. The number of ether oxygens (including phenoxy) is 2. The van der Waals surface area contributed by atoms with Gasteiger partial charge in [0.2, 0.25) is 0 Å². The number of methoxy groups -OCH3 is 2. The predicted molar refractivity (Wildman–Crippen MR) is 99.2 cm³/mol. The number of hydrogen-bond donors (Lipinski definition) is 1. The molecule has 4 aliphatic rings. The molecule has 0 aromatic carbocycles. The maximum absolute atomic E-state index is 11.8. The zero-order valence-corrected chi connectivity index (χ0v) is 17.0. The Balaban J connectivity index is 1.68. The third-order valence-corrected chi connectivity index (χ3v) is 10.1. The van der Waals surface area contributed by atoms with Crippen LogP contribution in [0.1, 0.15) is 85.0 Å². The van der Waals surface area contributed by atoms with Gasteiger partial charge in [-0.25, -0.2) is 0 Å². The summed E-state index contributed by atoms with van der Waals surface area (Å²) in [5.41, 5.74) is 0.268. The molecular formula is C22H38O3. The van der Waals surface area contributed by atoms with Crippen LogP contribution in [0, 0.1) is 28.1 Å². The van der Waals surface area contributed by atoms with Crippen molar-refractivity contribution in [2.45, 2.75) is 96.4 Å². The molecule has 25 heavy (non-hydrogen) atoms. The molecule has 0 radical (unpaired) electrons. The number of rotatable bonds is 2. The van der Waals surface area contributed by atoms with E-state index in [0.29, 0.717) is 11.8 Å². The summed E-state index contributed by atoms with van der Waals surface area (Å²) in [5, 5.41) is 11.8. The van der Waals surface area contributed by atoms with Gasteiger partial charge in [-0.3, -0.25) is 0 Å². The van der Waals surface area contributed by atoms with Crippen LogP contribution in [-0.2, 0) is 9.47 Å². The van der Waals surface area contributed by atoms with Gasteiger partial charge in [0.05, 0.1) is 5.60 Å². The molecule has 0 bridgehead atoms. The van der Waals surface area contributed by atoms with Gasteiger partial charge in [0.15, 0.2) is 5.79 Å². The summed E-state index contributed by atoms with van der Waals surface area (Å²) in [5.74, 6) is 0.729. The van der Waals surface area contributed by atoms with Crippen molar-refractivity contribution in [1.82, 2.24) is 0 Å². The molecule has 6 atom stereocenters. The summed E-state index contributed by atoms with van der Waals surface area (Å²) >= 11 is 0. The van der Waals surface area contributed by atoms with Gasteiger partial charge in [-0.15, -0.1) is 0 Å². The lowest BCUT2D eigenvalue weighted by Gasteiger charge is -2.67. The summed E-state index contributed by atoms with van der Waals surface area (Å²) in [6.07, 6.45) is 11.4. The van der Waals surface area contributed by atoms with Crippen LogP contribution in [0.3, 0.4) is 0 Å². The van der Waals surface area contributed by atoms with Crippen LogP contribution in [0.5, 0.6) is 0 Å². The van der Waals surface area contributed by atoms with Gasteiger partial charge in [0.1, 0.15) is 0 Å². The quantitative estimate of drug-likeness (QED) is 0.719. The smallest absolute Gasteiger partial charge is 0.168 e. The molecule has 0 saturated heterocycles. The maximum Gasteiger partial charge on any atom is 0.168 e. The van der Waals surface area contributed by atoms with E-state index in [0.717, 1.165) is 25.7 Å². The lowest BCUT2D eigenvalue weighted by atomic mass is 9.39. The van der Waals surface area contributed by atoms with E-state index in [4.69, 9.17) is 9.47 Å². The van der Waals surface area contributed by atoms with E-state index in [2.05, 4.69) is 20.8 Å². The van der Waals surface area contributed by atoms with E-state index >= 15 is 0 Å². The van der Waals surface area contributed by atoms with Crippen molar-refractivity contribution in [2.24, 2.45) is 28.1 Å². The molecule has 4 rings (SSSR count). The van der Waals surface area contributed by atoms with Crippen molar-refractivity contribution in [3.05, 3.63) is 0 Å². The molecule has 0 aliphatic heterocycles. The van der Waals surface area contributed by atoms with Crippen LogP contribution in [0.15, 0.2) is 0 Å². The molecule has 4 saturated carbocycles. The SMILES string of the molecule is COC1(OC)CC[C@@]2(C)[C@@H]3CC[C@@]4(C)CCC[C@@]4(O)[C@@H]3CC[C@@]2(C)C1. The highest BCUT2D eigenvalue weighted by Crippen LogP contribution is 2.71. The minimum absolute atomic E-state index is 0.162. The summed E-state index contributed by atoms with van der Waals surface area (Å²) in [4.78, 5) is 0. The van der Waals surface area contributed by atoms with Crippen LogP contribution in [-0.4, -0.2) is 30.7 Å². The Labute approximate surface area is 153 Å². The second-order valence-corrected chi connectivity index (χ2v) is 10.6. The third kappa shape index (κ3) is 2.15. The highest BCUT2D eigenvalue weighted by molar-refractivity contribution is 5.17. The topological polar surface area (TPSA) is 38.7 Å². The summed E-state index contributed by atoms with van der Waals surface area (Å²) < 4.78 is 11.7. The Hall–Kier alpha value is -0.120. The van der Waals surface area contributed by atoms with Crippen LogP contribution < -0.4 is 0 Å². The Morgan fingerprint density at radius 3 is 2.08 bits per heavy atom. The van der Waals surface area contributed by atoms with Gasteiger partial charge in [0, 0.05) is 27.1 Å². The molecule has 4 aliphatic carbocycles. The molecule has 144 valence electrons. The Kier molecular flexibility index (Phi) is 3.98. The van der Waals surface area contributed by atoms with Crippen molar-refractivity contribution in [1.29, 1.82) is 0 Å². The standard InChI is InChI=1S/C22H38O3/c1-18-9-6-10-22(18,23)17-8-12-19(2)15-21(24-4,25-5)14-13-20(19,3)16(17)7-11-18/h16-17,23H,6-15H2,1-5H3/t16-,17-,18-,19+,20+,22-/m1/s1. The number of fused-ring (bicyclic) bond motifs is 5. The van der Waals surface area contributed by atoms with Crippen LogP contribution in [0.4, 0.5) is 0 Å². The van der Waals surface area contributed by atoms with Gasteiger partial charge in [-0.1, -0.05) is 20.8 Å². The molecule has 1 N–H and O–H groups in total. The maximum atomic E-state index is 11.8. The fourth-order valence-corrected chi connectivity index (χ4v) is 8.00. The first kappa shape index (κ1) is 18.3. The fraction of sp³-hybridized carbons (Fsp3) is 1.00. The summed E-state index contributed by atoms with van der Waals surface area (Å²) in [7, 11) is 3.60. The van der Waals surface area contributed by atoms with E-state index in [1.54, 1.807) is 14.2 Å². The molecule has 0 aromatic heterocycles. The molecule has 0 unspecified atom stereocenters. The first-order valence-corrected chi connectivity index (χ1v) is 10.5. The van der Waals surface area contributed by atoms with E-state index in [1.807, 2.05) is 0 Å². The minimum Gasteiger partial charge on any atom is -0.389 e. The molecule has 0 spiro atoms. The van der Waals surface area contributed by atoms with Gasteiger partial charge in [0.25, 0.3) is 0 Å². The second-order valence-electron chi connectivity index (χ2n) is 10.6. The Morgan fingerprint density at radius 2 is 1.40 bits per heavy atom. The Bertz CT molecular complexity index is 543. The number of hydrogen-bond acceptors (Lipinski definition) is 3. The zero-order valence-electron chi connectivity index (χ0n) is 17.0. The molecule has 3 nitrogen and oxygen atoms in total. The van der Waals surface area contributed by atoms with E-state index in [-0.39, 0.29) is 16.2 Å². The van der Waals surface area contributed by atoms with Gasteiger partial charge >= 0.3 is 0 Å². The molecule has 0 heterocycles. The van der Waals surface area contributed by atoms with Crippen molar-refractivity contribution < 1.29 is 14.6 Å². The molecular weight excluding hydrogens is 312 g/mol. The summed E-state index contributed by atoms with van der Waals surface area (Å²) in [6.45, 7) is 7.37. The first-order chi connectivity index (χ1) is 11.7. The van der Waals surface area contributed by atoms with Gasteiger partial charge in [-0.05, 0) is 79.4 Å². The molecule has 3 heteroatoms. The zero-order chi connectivity index (χ0) is 18.1. The molecule has 0 amide bonds. The first-order valence-electron chi connectivity index (χ1n) is 10.5. The highest BCUT2D eigenvalue weighted by atomic mass is 16.7. The monoisotopic (exact) mass is 350 g/mol. The van der Waals surface area contributed by atoms with Crippen molar-refractivity contribution in [3.63, 3.8) is 0 Å². The largest absolute Gasteiger partial charge is 0.389 e. The third-order valence-electron chi connectivity index (χ3n) is 10.1. The van der Waals surface area contributed by atoms with Crippen LogP contribution in [0.2, 0.25) is 0 Å². The Morgan fingerprint density at radius 1 is 0.760 bits per heavy atom. The lowest BCUT2D eigenvalue weighted by Crippen LogP contribution is -2.65. The van der Waals surface area contributed by atoms with Crippen molar-refractivity contribution in [3.8, 4) is 0 Å². The minimum atomic E-state index is -0.419. The predicted octanol–water partition coefficient (Wildman–Crippen LogP) is 4.91. The van der Waals surface area contributed by atoms with E-state index < -0.39 is 11.4 Å². The lowest BCUT2D eigenvalue weighted by molar-refractivity contribution is -0.292. The molecule has 0 aromatic rings. The van der Waals surface area contributed by atoms with Gasteiger partial charge < -0.3 is 14.6 Å². The molecule has 4 fully saturated rings. The fourth-order valence-electron chi connectivity index (χ4n) is 8.00. The van der Waals surface area contributed by atoms with Crippen LogP contribution in [0.25, 0.3) is 0 Å². The van der Waals surface area contributed by atoms with E-state index in [9.17, 15) is 5.11 Å². The van der Waals surface area contributed by atoms with Crippen LogP contribution >= 0.6 is 0 Å². The number of aliphatic hydroxyl groups is 1. The highest BCUT2D eigenvalue weighted by Gasteiger charge is 2.68. The average Bonchev–Trinajstić information content (AvgIpc) is 2.90. The normalized spacial score (nSPS) is 54.5. The summed E-state index contributed by atoms with van der Waals surface area (Å²) in [6, 6.07) is 0. The van der Waals surface area contributed by atoms with Crippen molar-refractivity contribution in [2.75, 3.05) is 14.2 Å². The van der Waals surface area contributed by atoms with Crippen molar-refractivity contribution >= 4 is 0 Å². The van der Waals surface area contributed by atoms with Gasteiger partial charge in [-0.2, -0.15) is 0 Å². The second kappa shape index (κ2) is 5.45. The van der Waals surface area contributed by atoms with E-state index in [1.165, 1.54) is 38.5 Å².